The molecule has 0 saturated heterocycles. The highest BCUT2D eigenvalue weighted by Gasteiger charge is 2.01. The second kappa shape index (κ2) is 3.18. The molecular weight excluding hydrogens is 180 g/mol. The topological polar surface area (TPSA) is 38.9 Å². The fourth-order valence-electron chi connectivity index (χ4n) is 1.15. The summed E-state index contributed by atoms with van der Waals surface area (Å²) in [6.45, 7) is 2.08. The van der Waals surface area contributed by atoms with Gasteiger partial charge in [0, 0.05) is 16.8 Å². The molecule has 0 atom stereocenters. The Morgan fingerprint density at radius 2 is 2.15 bits per heavy atom. The molecule has 0 bridgehead atoms. The standard InChI is InChI=1S/C10H10N2S/c1-7-2-3-10(13-7)9-6-8(11)4-5-12-9/h2-6H,1H3,(H2,11,12). The maximum atomic E-state index is 5.67. The van der Waals surface area contributed by atoms with Gasteiger partial charge in [0.15, 0.2) is 0 Å². The highest BCUT2D eigenvalue weighted by atomic mass is 32.1. The summed E-state index contributed by atoms with van der Waals surface area (Å²) in [7, 11) is 0. The number of pyridine rings is 1. The molecule has 2 heterocycles. The first-order chi connectivity index (χ1) is 6.25. The zero-order chi connectivity index (χ0) is 9.26. The molecule has 0 spiro atoms. The second-order valence-electron chi connectivity index (χ2n) is 2.88. The molecule has 66 valence electrons. The summed E-state index contributed by atoms with van der Waals surface area (Å²) in [5.41, 5.74) is 7.38. The van der Waals surface area contributed by atoms with Gasteiger partial charge in [0.05, 0.1) is 10.6 Å². The third kappa shape index (κ3) is 1.70. The first kappa shape index (κ1) is 8.26. The van der Waals surface area contributed by atoms with Gasteiger partial charge in [-0.15, -0.1) is 11.3 Å². The van der Waals surface area contributed by atoms with Crippen molar-refractivity contribution >= 4 is 17.0 Å². The van der Waals surface area contributed by atoms with Crippen LogP contribution in [0.15, 0.2) is 30.5 Å². The molecular formula is C10H10N2S. The Balaban J connectivity index is 2.46. The predicted octanol–water partition coefficient (Wildman–Crippen LogP) is 2.70. The van der Waals surface area contributed by atoms with Gasteiger partial charge in [-0.25, -0.2) is 0 Å². The Hall–Kier alpha value is -1.35. The van der Waals surface area contributed by atoms with E-state index in [2.05, 4.69) is 24.0 Å². The van der Waals surface area contributed by atoms with Crippen molar-refractivity contribution < 1.29 is 0 Å². The van der Waals surface area contributed by atoms with Gasteiger partial charge in [0.1, 0.15) is 0 Å². The molecule has 0 aliphatic carbocycles. The number of rotatable bonds is 1. The van der Waals surface area contributed by atoms with Crippen molar-refractivity contribution in [2.45, 2.75) is 6.92 Å². The predicted molar refractivity (Wildman–Crippen MR) is 56.7 cm³/mol. The Labute approximate surface area is 81.1 Å². The van der Waals surface area contributed by atoms with Crippen LogP contribution in [0.2, 0.25) is 0 Å². The number of thiophene rings is 1. The second-order valence-corrected chi connectivity index (χ2v) is 4.17. The number of nitrogens with zero attached hydrogens (tertiary/aromatic N) is 1. The Kier molecular flexibility index (Phi) is 2.02. The molecule has 3 heteroatoms. The van der Waals surface area contributed by atoms with Crippen LogP contribution >= 0.6 is 11.3 Å². The lowest BCUT2D eigenvalue weighted by Crippen LogP contribution is -1.86. The van der Waals surface area contributed by atoms with Gasteiger partial charge in [-0.1, -0.05) is 0 Å². The molecule has 0 radical (unpaired) electrons. The van der Waals surface area contributed by atoms with Crippen LogP contribution < -0.4 is 5.73 Å². The first-order valence-electron chi connectivity index (χ1n) is 4.04. The minimum absolute atomic E-state index is 0.760. The zero-order valence-corrected chi connectivity index (χ0v) is 8.14. The number of hydrogen-bond acceptors (Lipinski definition) is 3. The van der Waals surface area contributed by atoms with Crippen LogP contribution in [0.1, 0.15) is 4.88 Å². The molecule has 2 rings (SSSR count). The largest absolute Gasteiger partial charge is 0.399 e. The van der Waals surface area contributed by atoms with E-state index in [9.17, 15) is 0 Å². The minimum Gasteiger partial charge on any atom is -0.399 e. The summed E-state index contributed by atoms with van der Waals surface area (Å²) in [4.78, 5) is 6.72. The third-order valence-electron chi connectivity index (χ3n) is 1.78. The maximum absolute atomic E-state index is 5.67. The molecule has 0 unspecified atom stereocenters. The van der Waals surface area contributed by atoms with E-state index in [1.54, 1.807) is 23.6 Å². The molecule has 2 aromatic rings. The van der Waals surface area contributed by atoms with Crippen LogP contribution in [0, 0.1) is 6.92 Å². The van der Waals surface area contributed by atoms with Crippen molar-refractivity contribution in [3.8, 4) is 10.6 Å². The number of nitrogen functional groups attached to an aromatic ring is 1. The first-order valence-corrected chi connectivity index (χ1v) is 4.86. The fourth-order valence-corrected chi connectivity index (χ4v) is 1.99. The van der Waals surface area contributed by atoms with E-state index in [0.717, 1.165) is 11.4 Å². The van der Waals surface area contributed by atoms with E-state index in [1.807, 2.05) is 6.07 Å². The Morgan fingerprint density at radius 3 is 2.77 bits per heavy atom. The van der Waals surface area contributed by atoms with E-state index in [4.69, 9.17) is 5.73 Å². The molecule has 2 N–H and O–H groups in total. The number of aromatic nitrogens is 1. The van der Waals surface area contributed by atoms with E-state index < -0.39 is 0 Å². The minimum atomic E-state index is 0.760. The molecule has 0 aliphatic heterocycles. The lowest BCUT2D eigenvalue weighted by molar-refractivity contribution is 1.34. The van der Waals surface area contributed by atoms with Crippen LogP contribution in [-0.4, -0.2) is 4.98 Å². The van der Waals surface area contributed by atoms with Crippen molar-refractivity contribution in [2.75, 3.05) is 5.73 Å². The number of nitrogens with two attached hydrogens (primary N) is 1. The van der Waals surface area contributed by atoms with Crippen LogP contribution in [0.4, 0.5) is 5.69 Å². The smallest absolute Gasteiger partial charge is 0.0822 e. The van der Waals surface area contributed by atoms with Crippen LogP contribution in [-0.2, 0) is 0 Å². The normalized spacial score (nSPS) is 10.2. The van der Waals surface area contributed by atoms with Crippen molar-refractivity contribution in [2.24, 2.45) is 0 Å². The van der Waals surface area contributed by atoms with Crippen molar-refractivity contribution in [3.05, 3.63) is 35.3 Å². The van der Waals surface area contributed by atoms with Gasteiger partial charge < -0.3 is 5.73 Å². The van der Waals surface area contributed by atoms with Gasteiger partial charge in [-0.2, -0.15) is 0 Å². The average molecular weight is 190 g/mol. The Morgan fingerprint density at radius 1 is 1.31 bits per heavy atom. The fraction of sp³-hybridized carbons (Fsp3) is 0.100. The molecule has 0 aromatic carbocycles. The highest BCUT2D eigenvalue weighted by molar-refractivity contribution is 7.15. The van der Waals surface area contributed by atoms with Crippen LogP contribution in [0.5, 0.6) is 0 Å². The van der Waals surface area contributed by atoms with Crippen molar-refractivity contribution in [1.82, 2.24) is 4.98 Å². The maximum Gasteiger partial charge on any atom is 0.0822 e. The van der Waals surface area contributed by atoms with Gasteiger partial charge in [-0.3, -0.25) is 4.98 Å². The van der Waals surface area contributed by atoms with Gasteiger partial charge in [-0.05, 0) is 31.2 Å². The van der Waals surface area contributed by atoms with Crippen molar-refractivity contribution in [3.63, 3.8) is 0 Å². The highest BCUT2D eigenvalue weighted by Crippen LogP contribution is 2.26. The summed E-state index contributed by atoms with van der Waals surface area (Å²) >= 11 is 1.73. The lowest BCUT2D eigenvalue weighted by Gasteiger charge is -1.96. The van der Waals surface area contributed by atoms with Gasteiger partial charge in [0.2, 0.25) is 0 Å². The third-order valence-corrected chi connectivity index (χ3v) is 2.80. The van der Waals surface area contributed by atoms with Crippen LogP contribution in [0.3, 0.4) is 0 Å². The summed E-state index contributed by atoms with van der Waals surface area (Å²) in [5.74, 6) is 0. The number of anilines is 1. The molecule has 0 fully saturated rings. The van der Waals surface area contributed by atoms with E-state index >= 15 is 0 Å². The van der Waals surface area contributed by atoms with Crippen LogP contribution in [0.25, 0.3) is 10.6 Å². The summed E-state index contributed by atoms with van der Waals surface area (Å²) in [5, 5.41) is 0. The monoisotopic (exact) mass is 190 g/mol. The molecule has 2 nitrogen and oxygen atoms in total. The molecule has 2 aromatic heterocycles. The average Bonchev–Trinajstić information content (AvgIpc) is 2.52. The molecule has 0 saturated carbocycles. The van der Waals surface area contributed by atoms with Gasteiger partial charge in [0.25, 0.3) is 0 Å². The number of hydrogen-bond donors (Lipinski definition) is 1. The zero-order valence-electron chi connectivity index (χ0n) is 7.32. The SMILES string of the molecule is Cc1ccc(-c2cc(N)ccn2)s1. The quantitative estimate of drug-likeness (QED) is 0.751. The van der Waals surface area contributed by atoms with Gasteiger partial charge >= 0.3 is 0 Å². The van der Waals surface area contributed by atoms with E-state index in [-0.39, 0.29) is 0 Å². The van der Waals surface area contributed by atoms with E-state index in [1.165, 1.54) is 9.75 Å². The molecule has 0 aliphatic rings. The summed E-state index contributed by atoms with van der Waals surface area (Å²) in [6.07, 6.45) is 1.74. The lowest BCUT2D eigenvalue weighted by atomic mass is 10.3. The number of aryl methyl sites for hydroxylation is 1. The summed E-state index contributed by atoms with van der Waals surface area (Å²) < 4.78 is 0. The molecule has 13 heavy (non-hydrogen) atoms. The van der Waals surface area contributed by atoms with Crippen molar-refractivity contribution in [1.29, 1.82) is 0 Å². The van der Waals surface area contributed by atoms with E-state index in [0.29, 0.717) is 0 Å². The Bertz CT molecular complexity index is 420. The summed E-state index contributed by atoms with van der Waals surface area (Å²) in [6, 6.07) is 7.85. The molecule has 0 amide bonds.